The molecule has 0 radical (unpaired) electrons. The molecule has 0 saturated heterocycles. The Hall–Kier alpha value is -2.43. The molecule has 0 saturated carbocycles. The SMILES string of the molecule is Cc1ccccc1CCc1cn(S)c2c(N3CCc4ccccc4C3)nccc12.Cl. The van der Waals surface area contributed by atoms with Gasteiger partial charge in [-0.05, 0) is 60.1 Å². The molecule has 0 spiro atoms. The molecule has 1 aliphatic heterocycles. The van der Waals surface area contributed by atoms with Crippen LogP contribution in [-0.2, 0) is 25.8 Å². The average Bonchev–Trinajstić information content (AvgIpc) is 3.09. The molecular weight excluding hydrogens is 410 g/mol. The summed E-state index contributed by atoms with van der Waals surface area (Å²) >= 11 is 4.77. The monoisotopic (exact) mass is 435 g/mol. The topological polar surface area (TPSA) is 21.1 Å². The molecule has 2 aromatic carbocycles. The van der Waals surface area contributed by atoms with Crippen LogP contribution in [0.5, 0.6) is 0 Å². The number of nitrogens with zero attached hydrogens (tertiary/aromatic N) is 3. The van der Waals surface area contributed by atoms with E-state index in [1.165, 1.54) is 33.2 Å². The second kappa shape index (κ2) is 8.75. The van der Waals surface area contributed by atoms with Crippen LogP contribution in [0.25, 0.3) is 10.9 Å². The quantitative estimate of drug-likeness (QED) is 0.408. The number of hydrogen-bond donors (Lipinski definition) is 1. The van der Waals surface area contributed by atoms with E-state index in [-0.39, 0.29) is 12.4 Å². The van der Waals surface area contributed by atoms with Gasteiger partial charge in [-0.3, -0.25) is 3.97 Å². The molecule has 0 bridgehead atoms. The van der Waals surface area contributed by atoms with Gasteiger partial charge in [0.2, 0.25) is 0 Å². The molecule has 0 N–H and O–H groups in total. The fourth-order valence-corrected chi connectivity index (χ4v) is 4.81. The third kappa shape index (κ3) is 3.82. The van der Waals surface area contributed by atoms with Crippen LogP contribution >= 0.6 is 25.2 Å². The predicted octanol–water partition coefficient (Wildman–Crippen LogP) is 5.81. The zero-order chi connectivity index (χ0) is 19.8. The smallest absolute Gasteiger partial charge is 0.154 e. The highest BCUT2D eigenvalue weighted by atomic mass is 35.5. The van der Waals surface area contributed by atoms with Crippen LogP contribution in [0.15, 0.2) is 67.0 Å². The molecule has 154 valence electrons. The van der Waals surface area contributed by atoms with Gasteiger partial charge >= 0.3 is 0 Å². The van der Waals surface area contributed by atoms with Gasteiger partial charge in [-0.2, -0.15) is 0 Å². The Bertz CT molecular complexity index is 1180. The Morgan fingerprint density at radius 2 is 1.67 bits per heavy atom. The highest BCUT2D eigenvalue weighted by Crippen LogP contribution is 2.33. The number of rotatable bonds is 4. The highest BCUT2D eigenvalue weighted by molar-refractivity contribution is 7.78. The van der Waals surface area contributed by atoms with Crippen LogP contribution in [0.2, 0.25) is 0 Å². The number of pyridine rings is 1. The first-order valence-electron chi connectivity index (χ1n) is 10.2. The minimum Gasteiger partial charge on any atom is -0.350 e. The molecule has 2 aromatic heterocycles. The largest absolute Gasteiger partial charge is 0.350 e. The summed E-state index contributed by atoms with van der Waals surface area (Å²) in [6.07, 6.45) is 7.20. The first-order valence-corrected chi connectivity index (χ1v) is 10.6. The maximum atomic E-state index is 4.77. The van der Waals surface area contributed by atoms with Crippen molar-refractivity contribution in [3.63, 3.8) is 0 Å². The summed E-state index contributed by atoms with van der Waals surface area (Å²) in [4.78, 5) is 7.16. The van der Waals surface area contributed by atoms with Crippen molar-refractivity contribution in [2.45, 2.75) is 32.7 Å². The molecule has 0 unspecified atom stereocenters. The summed E-state index contributed by atoms with van der Waals surface area (Å²) in [6.45, 7) is 4.08. The number of anilines is 1. The maximum Gasteiger partial charge on any atom is 0.154 e. The number of hydrogen-bond acceptors (Lipinski definition) is 3. The molecule has 0 amide bonds. The third-order valence-electron chi connectivity index (χ3n) is 6.11. The number of thiol groups is 1. The van der Waals surface area contributed by atoms with Gasteiger partial charge in [0.25, 0.3) is 0 Å². The van der Waals surface area contributed by atoms with E-state index in [2.05, 4.69) is 72.6 Å². The van der Waals surface area contributed by atoms with Gasteiger partial charge in [-0.1, -0.05) is 61.3 Å². The Morgan fingerprint density at radius 1 is 0.933 bits per heavy atom. The summed E-state index contributed by atoms with van der Waals surface area (Å²) in [5, 5.41) is 1.26. The van der Waals surface area contributed by atoms with Crippen LogP contribution < -0.4 is 4.90 Å². The summed E-state index contributed by atoms with van der Waals surface area (Å²) in [5.74, 6) is 1.04. The number of benzene rings is 2. The van der Waals surface area contributed by atoms with E-state index in [1.807, 2.05) is 10.2 Å². The van der Waals surface area contributed by atoms with Crippen molar-refractivity contribution in [3.8, 4) is 0 Å². The number of aryl methyl sites for hydroxylation is 3. The Balaban J connectivity index is 0.00000218. The van der Waals surface area contributed by atoms with Gasteiger partial charge < -0.3 is 4.90 Å². The van der Waals surface area contributed by atoms with Crippen LogP contribution in [0.1, 0.15) is 27.8 Å². The van der Waals surface area contributed by atoms with Crippen LogP contribution in [-0.4, -0.2) is 15.5 Å². The van der Waals surface area contributed by atoms with Gasteiger partial charge in [-0.15, -0.1) is 12.4 Å². The molecule has 0 fully saturated rings. The van der Waals surface area contributed by atoms with Gasteiger partial charge in [0.1, 0.15) is 5.52 Å². The maximum absolute atomic E-state index is 4.77. The minimum absolute atomic E-state index is 0. The van der Waals surface area contributed by atoms with Gasteiger partial charge in [0, 0.05) is 30.9 Å². The first-order chi connectivity index (χ1) is 14.2. The van der Waals surface area contributed by atoms with Gasteiger partial charge in [0.15, 0.2) is 5.82 Å². The lowest BCUT2D eigenvalue weighted by molar-refractivity contribution is 0.723. The molecule has 30 heavy (non-hydrogen) atoms. The van der Waals surface area contributed by atoms with Crippen molar-refractivity contribution in [3.05, 3.63) is 94.8 Å². The van der Waals surface area contributed by atoms with E-state index in [9.17, 15) is 0 Å². The lowest BCUT2D eigenvalue weighted by Crippen LogP contribution is -2.31. The summed E-state index contributed by atoms with van der Waals surface area (Å²) in [7, 11) is 0. The fraction of sp³-hybridized carbons (Fsp3) is 0.240. The van der Waals surface area contributed by atoms with E-state index >= 15 is 0 Å². The first kappa shape index (κ1) is 20.8. The number of aromatic nitrogens is 2. The molecule has 4 aromatic rings. The van der Waals surface area contributed by atoms with E-state index < -0.39 is 0 Å². The Labute approximate surface area is 189 Å². The van der Waals surface area contributed by atoms with Crippen molar-refractivity contribution in [1.82, 2.24) is 8.96 Å². The summed E-state index contributed by atoms with van der Waals surface area (Å²) in [6, 6.07) is 19.5. The molecule has 5 heteroatoms. The molecule has 0 aliphatic carbocycles. The predicted molar refractivity (Wildman–Crippen MR) is 131 cm³/mol. The van der Waals surface area contributed by atoms with E-state index in [4.69, 9.17) is 17.8 Å². The van der Waals surface area contributed by atoms with Crippen LogP contribution in [0.4, 0.5) is 5.82 Å². The highest BCUT2D eigenvalue weighted by Gasteiger charge is 2.21. The molecule has 3 heterocycles. The second-order valence-corrected chi connectivity index (χ2v) is 8.33. The van der Waals surface area contributed by atoms with Crippen LogP contribution in [0.3, 0.4) is 0 Å². The third-order valence-corrected chi connectivity index (χ3v) is 6.43. The average molecular weight is 436 g/mol. The molecule has 3 nitrogen and oxygen atoms in total. The van der Waals surface area contributed by atoms with Gasteiger partial charge in [0.05, 0.1) is 0 Å². The normalized spacial score (nSPS) is 13.2. The lowest BCUT2D eigenvalue weighted by atomic mass is 9.99. The molecule has 1 aliphatic rings. The van der Waals surface area contributed by atoms with Crippen molar-refractivity contribution in [2.75, 3.05) is 11.4 Å². The minimum atomic E-state index is 0. The summed E-state index contributed by atoms with van der Waals surface area (Å²) < 4.78 is 1.96. The lowest BCUT2D eigenvalue weighted by Gasteiger charge is -2.30. The van der Waals surface area contributed by atoms with E-state index in [1.54, 1.807) is 0 Å². The molecule has 0 atom stereocenters. The van der Waals surface area contributed by atoms with Crippen molar-refractivity contribution < 1.29 is 0 Å². The Kier molecular flexibility index (Phi) is 6.07. The van der Waals surface area contributed by atoms with Gasteiger partial charge in [-0.25, -0.2) is 4.98 Å². The van der Waals surface area contributed by atoms with Crippen molar-refractivity contribution in [1.29, 1.82) is 0 Å². The standard InChI is InChI=1S/C25H25N3S.ClH/c1-18-6-2-3-7-19(18)10-11-22-17-28(29)24-23(22)12-14-26-25(24)27-15-13-20-8-4-5-9-21(20)16-27;/h2-9,12,14,17,29H,10-11,13,15-16H2,1H3;1H. The zero-order valence-electron chi connectivity index (χ0n) is 17.1. The molecule has 5 rings (SSSR count). The van der Waals surface area contributed by atoms with E-state index in [0.717, 1.165) is 43.7 Å². The summed E-state index contributed by atoms with van der Waals surface area (Å²) in [5.41, 5.74) is 8.07. The second-order valence-electron chi connectivity index (χ2n) is 7.90. The van der Waals surface area contributed by atoms with Crippen molar-refractivity contribution in [2.24, 2.45) is 0 Å². The zero-order valence-corrected chi connectivity index (χ0v) is 18.8. The Morgan fingerprint density at radius 3 is 2.50 bits per heavy atom. The van der Waals surface area contributed by atoms with Crippen LogP contribution in [0, 0.1) is 6.92 Å². The molecular formula is C25H26ClN3S. The number of halogens is 1. The number of fused-ring (bicyclic) bond motifs is 2. The van der Waals surface area contributed by atoms with Crippen molar-refractivity contribution >= 4 is 41.9 Å². The fourth-order valence-electron chi connectivity index (χ4n) is 4.48. The van der Waals surface area contributed by atoms with E-state index in [0.29, 0.717) is 0 Å².